The van der Waals surface area contributed by atoms with Crippen molar-refractivity contribution in [1.82, 2.24) is 0 Å². The third-order valence-corrected chi connectivity index (χ3v) is 0.687. The largest absolute Gasteiger partial charge is 1.00 e. The van der Waals surface area contributed by atoms with Gasteiger partial charge in [0.05, 0.1) is 0 Å². The van der Waals surface area contributed by atoms with E-state index in [1.54, 1.807) is 12.2 Å². The topological polar surface area (TPSA) is 40.1 Å². The normalized spacial score (nSPS) is 9.00. The standard InChI is InChI=1S/C6H10O2.Na/c1-2-3-4-5-6(7)8;/h3-4H,2,5H2,1H3,(H,7,8);/q;+1/p-1/b4-3-;. The molecule has 0 aliphatic carbocycles. The maximum absolute atomic E-state index is 9.71. The minimum atomic E-state index is -1.02. The predicted molar refractivity (Wildman–Crippen MR) is 29.1 cm³/mol. The van der Waals surface area contributed by atoms with Gasteiger partial charge in [0.2, 0.25) is 0 Å². The molecule has 0 aliphatic rings. The van der Waals surface area contributed by atoms with Gasteiger partial charge in [-0.25, -0.2) is 0 Å². The molecular weight excluding hydrogens is 127 g/mol. The third-order valence-electron chi connectivity index (χ3n) is 0.687. The smallest absolute Gasteiger partial charge is 0.550 e. The number of carbonyl (C=O) groups excluding carboxylic acids is 1. The van der Waals surface area contributed by atoms with E-state index in [9.17, 15) is 9.90 Å². The van der Waals surface area contributed by atoms with Crippen LogP contribution in [0.15, 0.2) is 12.2 Å². The van der Waals surface area contributed by atoms with Crippen molar-refractivity contribution < 1.29 is 39.5 Å². The Hall–Kier alpha value is 0.210. The average Bonchev–Trinajstić information content (AvgIpc) is 1.66. The minimum Gasteiger partial charge on any atom is -0.550 e. The molecule has 0 aromatic carbocycles. The monoisotopic (exact) mass is 136 g/mol. The predicted octanol–water partition coefficient (Wildman–Crippen LogP) is -2.90. The molecule has 0 aromatic rings. The van der Waals surface area contributed by atoms with Gasteiger partial charge in [0.25, 0.3) is 0 Å². The summed E-state index contributed by atoms with van der Waals surface area (Å²) in [6.07, 6.45) is 4.31. The Balaban J connectivity index is 0. The van der Waals surface area contributed by atoms with Gasteiger partial charge in [-0.1, -0.05) is 19.1 Å². The summed E-state index contributed by atoms with van der Waals surface area (Å²) in [5.74, 6) is -1.02. The van der Waals surface area contributed by atoms with E-state index in [2.05, 4.69) is 0 Å². The molecule has 0 heterocycles. The van der Waals surface area contributed by atoms with Gasteiger partial charge in [-0.05, 0) is 6.42 Å². The van der Waals surface area contributed by atoms with Gasteiger partial charge < -0.3 is 9.90 Å². The van der Waals surface area contributed by atoms with Crippen molar-refractivity contribution in [3.05, 3.63) is 12.2 Å². The molecule has 0 atom stereocenters. The quantitative estimate of drug-likeness (QED) is 0.308. The molecule has 0 rings (SSSR count). The summed E-state index contributed by atoms with van der Waals surface area (Å²) in [5, 5.41) is 9.71. The van der Waals surface area contributed by atoms with Crippen LogP contribution < -0.4 is 34.7 Å². The van der Waals surface area contributed by atoms with E-state index < -0.39 is 5.97 Å². The van der Waals surface area contributed by atoms with Crippen molar-refractivity contribution in [3.8, 4) is 0 Å². The summed E-state index contributed by atoms with van der Waals surface area (Å²) >= 11 is 0. The van der Waals surface area contributed by atoms with Gasteiger partial charge in [-0.3, -0.25) is 0 Å². The molecule has 0 aromatic heterocycles. The van der Waals surface area contributed by atoms with Crippen LogP contribution in [0.5, 0.6) is 0 Å². The van der Waals surface area contributed by atoms with Crippen LogP contribution in [0.2, 0.25) is 0 Å². The molecule has 3 heteroatoms. The number of hydrogen-bond acceptors (Lipinski definition) is 2. The number of aliphatic carboxylic acids is 1. The Kier molecular flexibility index (Phi) is 10.9. The van der Waals surface area contributed by atoms with E-state index in [0.29, 0.717) is 0 Å². The van der Waals surface area contributed by atoms with E-state index >= 15 is 0 Å². The SMILES string of the molecule is CC/C=C\CC(=O)[O-].[Na+]. The summed E-state index contributed by atoms with van der Waals surface area (Å²) in [4.78, 5) is 9.71. The van der Waals surface area contributed by atoms with E-state index in [-0.39, 0.29) is 36.0 Å². The number of carbonyl (C=O) groups is 1. The molecule has 0 unspecified atom stereocenters. The summed E-state index contributed by atoms with van der Waals surface area (Å²) in [6, 6.07) is 0. The van der Waals surface area contributed by atoms with Crippen molar-refractivity contribution >= 4 is 5.97 Å². The van der Waals surface area contributed by atoms with Gasteiger partial charge in [0, 0.05) is 12.4 Å². The van der Waals surface area contributed by atoms with Crippen LogP contribution in [-0.4, -0.2) is 5.97 Å². The zero-order valence-electron chi connectivity index (χ0n) is 5.89. The molecule has 46 valence electrons. The molecule has 0 saturated carbocycles. The summed E-state index contributed by atoms with van der Waals surface area (Å²) in [7, 11) is 0. The van der Waals surface area contributed by atoms with Gasteiger partial charge in [0.15, 0.2) is 0 Å². The van der Waals surface area contributed by atoms with Crippen molar-refractivity contribution in [2.24, 2.45) is 0 Å². The van der Waals surface area contributed by atoms with Crippen molar-refractivity contribution in [3.63, 3.8) is 0 Å². The fourth-order valence-electron chi connectivity index (χ4n) is 0.346. The second kappa shape index (κ2) is 8.21. The van der Waals surface area contributed by atoms with E-state index in [1.165, 1.54) is 0 Å². The Morgan fingerprint density at radius 3 is 2.44 bits per heavy atom. The Bertz CT molecular complexity index is 99.2. The molecule has 0 N–H and O–H groups in total. The molecular formula is C6H9NaO2. The first-order chi connectivity index (χ1) is 3.77. The Morgan fingerprint density at radius 1 is 1.56 bits per heavy atom. The molecule has 0 saturated heterocycles. The van der Waals surface area contributed by atoms with E-state index in [1.807, 2.05) is 6.92 Å². The van der Waals surface area contributed by atoms with Gasteiger partial charge in [0.1, 0.15) is 0 Å². The fraction of sp³-hybridized carbons (Fsp3) is 0.500. The molecule has 0 bridgehead atoms. The molecule has 2 nitrogen and oxygen atoms in total. The second-order valence-electron chi connectivity index (χ2n) is 1.46. The first-order valence-electron chi connectivity index (χ1n) is 2.62. The Labute approximate surface area is 77.2 Å². The molecule has 0 fully saturated rings. The summed E-state index contributed by atoms with van der Waals surface area (Å²) < 4.78 is 0. The van der Waals surface area contributed by atoms with Gasteiger partial charge in [-0.15, -0.1) is 0 Å². The van der Waals surface area contributed by atoms with E-state index in [0.717, 1.165) is 6.42 Å². The van der Waals surface area contributed by atoms with Crippen molar-refractivity contribution in [1.29, 1.82) is 0 Å². The van der Waals surface area contributed by atoms with Crippen LogP contribution in [0.25, 0.3) is 0 Å². The van der Waals surface area contributed by atoms with Crippen LogP contribution in [0, 0.1) is 0 Å². The molecule has 0 spiro atoms. The zero-order chi connectivity index (χ0) is 6.41. The second-order valence-corrected chi connectivity index (χ2v) is 1.46. The first kappa shape index (κ1) is 11.9. The van der Waals surface area contributed by atoms with E-state index in [4.69, 9.17) is 0 Å². The molecule has 0 radical (unpaired) electrons. The molecule has 9 heavy (non-hydrogen) atoms. The molecule has 0 aliphatic heterocycles. The van der Waals surface area contributed by atoms with Gasteiger partial charge in [-0.2, -0.15) is 0 Å². The van der Waals surface area contributed by atoms with Crippen molar-refractivity contribution in [2.75, 3.05) is 0 Å². The Morgan fingerprint density at radius 2 is 2.11 bits per heavy atom. The molecule has 0 amide bonds. The number of carboxylic acids is 1. The van der Waals surface area contributed by atoms with Crippen LogP contribution in [0.4, 0.5) is 0 Å². The summed E-state index contributed by atoms with van der Waals surface area (Å²) in [6.45, 7) is 1.95. The number of carboxylic acid groups (broad SMARTS) is 1. The van der Waals surface area contributed by atoms with Crippen LogP contribution >= 0.6 is 0 Å². The maximum atomic E-state index is 9.71. The van der Waals surface area contributed by atoms with Crippen LogP contribution in [0.1, 0.15) is 19.8 Å². The fourth-order valence-corrected chi connectivity index (χ4v) is 0.346. The van der Waals surface area contributed by atoms with Crippen molar-refractivity contribution in [2.45, 2.75) is 19.8 Å². The maximum Gasteiger partial charge on any atom is 1.00 e. The number of rotatable bonds is 3. The first-order valence-corrected chi connectivity index (χ1v) is 2.62. The van der Waals surface area contributed by atoms with Crippen LogP contribution in [-0.2, 0) is 4.79 Å². The van der Waals surface area contributed by atoms with Gasteiger partial charge >= 0.3 is 29.6 Å². The van der Waals surface area contributed by atoms with Crippen LogP contribution in [0.3, 0.4) is 0 Å². The third kappa shape index (κ3) is 11.7. The number of hydrogen-bond donors (Lipinski definition) is 0. The minimum absolute atomic E-state index is 0. The summed E-state index contributed by atoms with van der Waals surface area (Å²) in [5.41, 5.74) is 0. The average molecular weight is 136 g/mol. The zero-order valence-corrected chi connectivity index (χ0v) is 7.89. The number of allylic oxidation sites excluding steroid dienone is 1.